The summed E-state index contributed by atoms with van der Waals surface area (Å²) in [6.45, 7) is 23.0. The second-order valence-corrected chi connectivity index (χ2v) is 27.8. The smallest absolute Gasteiger partial charge is 0.297 e. The number of aromatic nitrogens is 6. The molecular formula is C57H67N7O9S3. The number of carbonyl (C=O) groups is 1. The molecule has 16 nitrogen and oxygen atoms in total. The van der Waals surface area contributed by atoms with E-state index in [9.17, 15) is 21.6 Å². The third-order valence-electron chi connectivity index (χ3n) is 14.1. The number of fused-ring (bicyclic) bond motifs is 3. The van der Waals surface area contributed by atoms with E-state index in [1.54, 1.807) is 79.7 Å². The Morgan fingerprint density at radius 1 is 0.763 bits per heavy atom. The average molecular weight is 1090 g/mol. The molecule has 2 aliphatic rings. The summed E-state index contributed by atoms with van der Waals surface area (Å²) in [7, 11) is -8.00. The van der Waals surface area contributed by atoms with Gasteiger partial charge in [0.1, 0.15) is 18.0 Å². The van der Waals surface area contributed by atoms with E-state index in [0.717, 1.165) is 54.5 Å². The zero-order valence-corrected chi connectivity index (χ0v) is 47.6. The first kappa shape index (κ1) is 55.0. The number of nitrogens with zero attached hydrogens (tertiary/aromatic N) is 7. The highest BCUT2D eigenvalue weighted by molar-refractivity contribution is 7.90. The van der Waals surface area contributed by atoms with Crippen molar-refractivity contribution in [3.63, 3.8) is 0 Å². The molecule has 76 heavy (non-hydrogen) atoms. The van der Waals surface area contributed by atoms with E-state index >= 15 is 0 Å². The quantitative estimate of drug-likeness (QED) is 0.0275. The second-order valence-electron chi connectivity index (χ2n) is 23.4. The standard InChI is InChI=1S/C57H67N7O9S3/c1-37-16-20-41(21-17-37)75(66,67)64-48-14-12-13-15-49(48)74-52(64)60-51-39(3)28-46(61-62-51)50(65)45-25-24-43(47(59-45)30-71-73-53(5,6)7)44-29-58-63(40(44)4)36-56(11)33-55(10)31-54(8,9)32-57(34-55,35-56)70-26-27-72-76(68,69)42-22-18-38(2)19-23-42/h12-25,28-29H,26-27,30-36H2,1-11H3. The van der Waals surface area contributed by atoms with Crippen LogP contribution in [0.1, 0.15) is 125 Å². The molecule has 0 aliphatic heterocycles. The Balaban J connectivity index is 0.970. The lowest BCUT2D eigenvalue weighted by atomic mass is 9.48. The molecule has 0 amide bonds. The van der Waals surface area contributed by atoms with Crippen LogP contribution in [0.15, 0.2) is 112 Å². The number of hydrogen-bond donors (Lipinski definition) is 0. The lowest BCUT2D eigenvalue weighted by Gasteiger charge is -2.61. The van der Waals surface area contributed by atoms with Crippen LogP contribution < -0.4 is 4.80 Å². The summed E-state index contributed by atoms with van der Waals surface area (Å²) < 4.78 is 70.6. The van der Waals surface area contributed by atoms with Crippen molar-refractivity contribution < 1.29 is 40.3 Å². The monoisotopic (exact) mass is 1090 g/mol. The number of benzene rings is 3. The van der Waals surface area contributed by atoms with Gasteiger partial charge < -0.3 is 4.74 Å². The molecule has 0 spiro atoms. The SMILES string of the molecule is Cc1ccc(S(=O)(=O)OCCOC23CC(C)(C)CC(C)(CC(C)(Cn4ncc(-c5ccc(C(=O)c6cc(C)c(N=c7sc8ccccc8n7S(=O)(=O)c7ccc(C)cc7)nn6)nc5COOC(C)(C)C)c4C)C2)C3)cc1. The molecule has 2 fully saturated rings. The van der Waals surface area contributed by atoms with Crippen molar-refractivity contribution in [3.8, 4) is 11.1 Å². The number of hydrogen-bond acceptors (Lipinski definition) is 15. The number of thiazole rings is 1. The third kappa shape index (κ3) is 11.9. The van der Waals surface area contributed by atoms with Crippen molar-refractivity contribution in [3.05, 3.63) is 141 Å². The molecular weight excluding hydrogens is 1020 g/mol. The van der Waals surface area contributed by atoms with Crippen molar-refractivity contribution in [2.24, 2.45) is 21.2 Å². The van der Waals surface area contributed by atoms with E-state index in [1.807, 2.05) is 70.6 Å². The molecule has 3 aromatic carbocycles. The Bertz CT molecular complexity index is 3630. The van der Waals surface area contributed by atoms with E-state index < -0.39 is 37.1 Å². The lowest BCUT2D eigenvalue weighted by molar-refractivity contribution is -0.356. The molecule has 2 bridgehead atoms. The number of pyridine rings is 1. The zero-order valence-electron chi connectivity index (χ0n) is 45.1. The Morgan fingerprint density at radius 2 is 1.45 bits per heavy atom. The number of para-hydroxylation sites is 1. The molecule has 0 saturated heterocycles. The Kier molecular flexibility index (Phi) is 14.9. The van der Waals surface area contributed by atoms with Crippen molar-refractivity contribution in [1.29, 1.82) is 0 Å². The van der Waals surface area contributed by atoms with Gasteiger partial charge in [-0.2, -0.15) is 18.5 Å². The number of rotatable bonds is 17. The van der Waals surface area contributed by atoms with Crippen LogP contribution in [0.4, 0.5) is 5.82 Å². The third-order valence-corrected chi connectivity index (χ3v) is 18.3. The predicted molar refractivity (Wildman–Crippen MR) is 291 cm³/mol. The fourth-order valence-electron chi connectivity index (χ4n) is 12.0. The van der Waals surface area contributed by atoms with Crippen LogP contribution in [0.25, 0.3) is 21.3 Å². The molecule has 402 valence electrons. The van der Waals surface area contributed by atoms with Gasteiger partial charge in [0.15, 0.2) is 5.82 Å². The van der Waals surface area contributed by atoms with E-state index in [4.69, 9.17) is 33.8 Å². The van der Waals surface area contributed by atoms with Gasteiger partial charge in [0.05, 0.1) is 56.3 Å². The molecule has 3 atom stereocenters. The summed E-state index contributed by atoms with van der Waals surface area (Å²) in [5.41, 5.74) is 4.48. The summed E-state index contributed by atoms with van der Waals surface area (Å²) in [4.78, 5) is 35.7. The molecule has 2 aliphatic carbocycles. The van der Waals surface area contributed by atoms with Crippen LogP contribution in [0.3, 0.4) is 0 Å². The van der Waals surface area contributed by atoms with Gasteiger partial charge in [0, 0.05) is 23.4 Å². The summed E-state index contributed by atoms with van der Waals surface area (Å²) in [6, 6.07) is 25.5. The molecule has 19 heteroatoms. The molecule has 0 N–H and O–H groups in total. The van der Waals surface area contributed by atoms with Crippen LogP contribution in [-0.4, -0.2) is 76.0 Å². The largest absolute Gasteiger partial charge is 0.372 e. The number of aryl methyl sites for hydroxylation is 3. The Morgan fingerprint density at radius 3 is 2.13 bits per heavy atom. The second kappa shape index (κ2) is 20.5. The maximum atomic E-state index is 14.3. The van der Waals surface area contributed by atoms with Gasteiger partial charge in [-0.05, 0) is 151 Å². The van der Waals surface area contributed by atoms with Gasteiger partial charge in [-0.15, -0.1) is 10.2 Å². The number of ketones is 1. The number of ether oxygens (including phenoxy) is 1. The first-order valence-electron chi connectivity index (χ1n) is 25.5. The lowest BCUT2D eigenvalue weighted by Crippen LogP contribution is -2.57. The van der Waals surface area contributed by atoms with E-state index in [0.29, 0.717) is 33.6 Å². The minimum atomic E-state index is -4.06. The van der Waals surface area contributed by atoms with Gasteiger partial charge in [-0.3, -0.25) is 13.7 Å². The molecule has 4 heterocycles. The fourth-order valence-corrected chi connectivity index (χ4v) is 15.7. The van der Waals surface area contributed by atoms with Gasteiger partial charge >= 0.3 is 0 Å². The highest BCUT2D eigenvalue weighted by atomic mass is 32.2. The van der Waals surface area contributed by atoms with Crippen LogP contribution in [0.5, 0.6) is 0 Å². The van der Waals surface area contributed by atoms with Crippen molar-refractivity contribution >= 4 is 53.3 Å². The minimum Gasteiger partial charge on any atom is -0.372 e. The zero-order chi connectivity index (χ0) is 54.6. The molecule has 4 aromatic heterocycles. The first-order valence-corrected chi connectivity index (χ1v) is 29.1. The normalized spacial score (nSPS) is 21.1. The summed E-state index contributed by atoms with van der Waals surface area (Å²) in [6.07, 6.45) is 6.23. The Labute approximate surface area is 449 Å². The minimum absolute atomic E-state index is 0.0116. The highest BCUT2D eigenvalue weighted by Crippen LogP contribution is 2.63. The van der Waals surface area contributed by atoms with Gasteiger partial charge in [-0.25, -0.2) is 27.1 Å². The maximum Gasteiger partial charge on any atom is 0.297 e. The van der Waals surface area contributed by atoms with Crippen LogP contribution >= 0.6 is 11.3 Å². The van der Waals surface area contributed by atoms with Crippen molar-refractivity contribution in [2.75, 3.05) is 13.2 Å². The average Bonchev–Trinajstić information content (AvgIpc) is 3.89. The molecule has 9 rings (SSSR count). The molecule has 3 unspecified atom stereocenters. The fraction of sp³-hybridized carbons (Fsp3) is 0.439. The Hall–Kier alpha value is -5.80. The van der Waals surface area contributed by atoms with Crippen LogP contribution in [0.2, 0.25) is 0 Å². The van der Waals surface area contributed by atoms with E-state index in [-0.39, 0.29) is 67.9 Å². The van der Waals surface area contributed by atoms with E-state index in [1.165, 1.54) is 15.3 Å². The van der Waals surface area contributed by atoms with Crippen molar-refractivity contribution in [1.82, 2.24) is 28.9 Å². The van der Waals surface area contributed by atoms with Gasteiger partial charge in [0.2, 0.25) is 10.6 Å². The first-order chi connectivity index (χ1) is 35.7. The topological polar surface area (TPSA) is 196 Å². The van der Waals surface area contributed by atoms with E-state index in [2.05, 4.69) is 37.9 Å². The van der Waals surface area contributed by atoms with Gasteiger partial charge in [0.25, 0.3) is 20.1 Å². The summed E-state index contributed by atoms with van der Waals surface area (Å²) in [5.74, 6) is -0.330. The van der Waals surface area contributed by atoms with Crippen molar-refractivity contribution in [2.45, 2.75) is 142 Å². The van der Waals surface area contributed by atoms with Crippen LogP contribution in [0, 0.1) is 43.9 Å². The summed E-state index contributed by atoms with van der Waals surface area (Å²) >= 11 is 1.21. The predicted octanol–water partition coefficient (Wildman–Crippen LogP) is 11.1. The maximum absolute atomic E-state index is 14.3. The summed E-state index contributed by atoms with van der Waals surface area (Å²) in [5, 5.41) is 13.6. The van der Waals surface area contributed by atoms with Crippen LogP contribution in [-0.2, 0) is 52.0 Å². The molecule has 2 saturated carbocycles. The molecule has 0 radical (unpaired) electrons. The van der Waals surface area contributed by atoms with Gasteiger partial charge in [-0.1, -0.05) is 92.6 Å². The highest BCUT2D eigenvalue weighted by Gasteiger charge is 2.58. The molecule has 7 aromatic rings. The number of carbonyl (C=O) groups excluding carboxylic acids is 1.